The summed E-state index contributed by atoms with van der Waals surface area (Å²) in [5.74, 6) is 0. The van der Waals surface area contributed by atoms with Crippen molar-refractivity contribution in [2.75, 3.05) is 12.4 Å². The van der Waals surface area contributed by atoms with E-state index < -0.39 is 0 Å². The molecule has 1 N–H and O–H groups in total. The average Bonchev–Trinajstić information content (AvgIpc) is 2.30. The molecule has 0 amide bonds. The topological polar surface area (TPSA) is 34.0 Å². The van der Waals surface area contributed by atoms with E-state index >= 15 is 0 Å². The SMILES string of the molecule is CNc1ccc(-n2ccccc2=O)cc1. The quantitative estimate of drug-likeness (QED) is 0.803. The Kier molecular flexibility index (Phi) is 2.54. The molecule has 0 aliphatic rings. The van der Waals surface area contributed by atoms with Gasteiger partial charge in [0.1, 0.15) is 0 Å². The Morgan fingerprint density at radius 1 is 1.07 bits per heavy atom. The second-order valence-corrected chi connectivity index (χ2v) is 3.21. The standard InChI is InChI=1S/C12H12N2O/c1-13-10-5-7-11(8-6-10)14-9-3-2-4-12(14)15/h2-9,13H,1H3. The van der Waals surface area contributed by atoms with Gasteiger partial charge in [0, 0.05) is 30.7 Å². The summed E-state index contributed by atoms with van der Waals surface area (Å²) in [5, 5.41) is 3.03. The molecule has 0 spiro atoms. The van der Waals surface area contributed by atoms with Gasteiger partial charge in [0.2, 0.25) is 0 Å². The van der Waals surface area contributed by atoms with Crippen LogP contribution < -0.4 is 10.9 Å². The third-order valence-corrected chi connectivity index (χ3v) is 2.26. The molecule has 0 unspecified atom stereocenters. The van der Waals surface area contributed by atoms with E-state index in [9.17, 15) is 4.79 Å². The van der Waals surface area contributed by atoms with Gasteiger partial charge in [-0.3, -0.25) is 9.36 Å². The van der Waals surface area contributed by atoms with E-state index in [-0.39, 0.29) is 5.56 Å². The molecular formula is C12H12N2O. The van der Waals surface area contributed by atoms with Crippen molar-refractivity contribution in [3.63, 3.8) is 0 Å². The molecule has 3 heteroatoms. The molecule has 1 aromatic heterocycles. The first-order valence-corrected chi connectivity index (χ1v) is 4.77. The van der Waals surface area contributed by atoms with Gasteiger partial charge in [-0.05, 0) is 30.3 Å². The zero-order valence-electron chi connectivity index (χ0n) is 8.47. The monoisotopic (exact) mass is 200 g/mol. The summed E-state index contributed by atoms with van der Waals surface area (Å²) in [6.07, 6.45) is 1.76. The zero-order valence-corrected chi connectivity index (χ0v) is 8.47. The lowest BCUT2D eigenvalue weighted by Gasteiger charge is -2.05. The van der Waals surface area contributed by atoms with Gasteiger partial charge in [0.15, 0.2) is 0 Å². The Morgan fingerprint density at radius 3 is 2.40 bits per heavy atom. The van der Waals surface area contributed by atoms with Crippen LogP contribution >= 0.6 is 0 Å². The van der Waals surface area contributed by atoms with Crippen LogP contribution in [0.5, 0.6) is 0 Å². The van der Waals surface area contributed by atoms with Gasteiger partial charge >= 0.3 is 0 Å². The molecule has 1 heterocycles. The van der Waals surface area contributed by atoms with Crippen molar-refractivity contribution in [1.82, 2.24) is 4.57 Å². The lowest BCUT2D eigenvalue weighted by molar-refractivity contribution is 0.991. The fourth-order valence-corrected chi connectivity index (χ4v) is 1.43. The van der Waals surface area contributed by atoms with Crippen molar-refractivity contribution in [2.24, 2.45) is 0 Å². The number of hydrogen-bond donors (Lipinski definition) is 1. The Balaban J connectivity index is 2.46. The summed E-state index contributed by atoms with van der Waals surface area (Å²) in [6, 6.07) is 12.8. The Hall–Kier alpha value is -2.03. The first kappa shape index (κ1) is 9.52. The molecule has 15 heavy (non-hydrogen) atoms. The van der Waals surface area contributed by atoms with E-state index in [0.29, 0.717) is 0 Å². The fraction of sp³-hybridized carbons (Fsp3) is 0.0833. The molecule has 76 valence electrons. The van der Waals surface area contributed by atoms with Gasteiger partial charge in [-0.15, -0.1) is 0 Å². The number of nitrogens with zero attached hydrogens (tertiary/aromatic N) is 1. The molecule has 0 aliphatic heterocycles. The van der Waals surface area contributed by atoms with E-state index in [2.05, 4.69) is 5.32 Å². The highest BCUT2D eigenvalue weighted by atomic mass is 16.1. The highest BCUT2D eigenvalue weighted by molar-refractivity contribution is 5.48. The van der Waals surface area contributed by atoms with E-state index in [1.165, 1.54) is 0 Å². The molecule has 0 bridgehead atoms. The molecule has 0 radical (unpaired) electrons. The molecule has 3 nitrogen and oxygen atoms in total. The second-order valence-electron chi connectivity index (χ2n) is 3.21. The van der Waals surface area contributed by atoms with E-state index in [4.69, 9.17) is 0 Å². The first-order chi connectivity index (χ1) is 7.31. The summed E-state index contributed by atoms with van der Waals surface area (Å²) in [7, 11) is 1.86. The van der Waals surface area contributed by atoms with Gasteiger partial charge in [-0.25, -0.2) is 0 Å². The smallest absolute Gasteiger partial charge is 0.255 e. The highest BCUT2D eigenvalue weighted by Crippen LogP contribution is 2.10. The van der Waals surface area contributed by atoms with Crippen molar-refractivity contribution < 1.29 is 0 Å². The van der Waals surface area contributed by atoms with Gasteiger partial charge in [0.05, 0.1) is 0 Å². The fourth-order valence-electron chi connectivity index (χ4n) is 1.43. The van der Waals surface area contributed by atoms with Crippen LogP contribution in [0.3, 0.4) is 0 Å². The second kappa shape index (κ2) is 4.00. The maximum absolute atomic E-state index is 11.5. The molecule has 0 saturated heterocycles. The van der Waals surface area contributed by atoms with Crippen LogP contribution in [0.15, 0.2) is 53.5 Å². The predicted molar refractivity (Wildman–Crippen MR) is 61.6 cm³/mol. The molecule has 0 fully saturated rings. The number of hydrogen-bond acceptors (Lipinski definition) is 2. The third-order valence-electron chi connectivity index (χ3n) is 2.26. The molecule has 0 saturated carbocycles. The number of aromatic nitrogens is 1. The summed E-state index contributed by atoms with van der Waals surface area (Å²) in [4.78, 5) is 11.5. The van der Waals surface area contributed by atoms with Gasteiger partial charge in [-0.1, -0.05) is 6.07 Å². The Labute approximate surface area is 88.0 Å². The number of pyridine rings is 1. The molecule has 0 aliphatic carbocycles. The lowest BCUT2D eigenvalue weighted by Crippen LogP contribution is -2.15. The van der Waals surface area contributed by atoms with Crippen molar-refractivity contribution >= 4 is 5.69 Å². The van der Waals surface area contributed by atoms with Crippen LogP contribution in [-0.2, 0) is 0 Å². The van der Waals surface area contributed by atoms with Gasteiger partial charge in [0.25, 0.3) is 5.56 Å². The van der Waals surface area contributed by atoms with Crippen molar-refractivity contribution in [3.8, 4) is 5.69 Å². The Bertz CT molecular complexity index is 500. The lowest BCUT2D eigenvalue weighted by atomic mass is 10.2. The van der Waals surface area contributed by atoms with Crippen molar-refractivity contribution in [2.45, 2.75) is 0 Å². The van der Waals surface area contributed by atoms with Gasteiger partial charge in [-0.2, -0.15) is 0 Å². The van der Waals surface area contributed by atoms with Gasteiger partial charge < -0.3 is 5.32 Å². The number of nitrogens with one attached hydrogen (secondary N) is 1. The summed E-state index contributed by atoms with van der Waals surface area (Å²) >= 11 is 0. The zero-order chi connectivity index (χ0) is 10.7. The van der Waals surface area contributed by atoms with E-state index in [1.807, 2.05) is 37.4 Å². The Morgan fingerprint density at radius 2 is 1.80 bits per heavy atom. The molecular weight excluding hydrogens is 188 g/mol. The van der Waals surface area contributed by atoms with Crippen LogP contribution in [0.4, 0.5) is 5.69 Å². The summed E-state index contributed by atoms with van der Waals surface area (Å²) in [6.45, 7) is 0. The largest absolute Gasteiger partial charge is 0.388 e. The van der Waals surface area contributed by atoms with Crippen LogP contribution in [0, 0.1) is 0 Å². The summed E-state index contributed by atoms with van der Waals surface area (Å²) < 4.78 is 1.61. The minimum absolute atomic E-state index is 0.0188. The maximum Gasteiger partial charge on any atom is 0.255 e. The number of anilines is 1. The minimum atomic E-state index is -0.0188. The number of benzene rings is 1. The maximum atomic E-state index is 11.5. The molecule has 1 aromatic carbocycles. The van der Waals surface area contributed by atoms with Crippen molar-refractivity contribution in [1.29, 1.82) is 0 Å². The first-order valence-electron chi connectivity index (χ1n) is 4.77. The van der Waals surface area contributed by atoms with Crippen LogP contribution in [-0.4, -0.2) is 11.6 Å². The molecule has 2 rings (SSSR count). The predicted octanol–water partition coefficient (Wildman–Crippen LogP) is 1.88. The molecule has 2 aromatic rings. The summed E-state index contributed by atoms with van der Waals surface area (Å²) in [5.41, 5.74) is 1.89. The average molecular weight is 200 g/mol. The third kappa shape index (κ3) is 1.91. The van der Waals surface area contributed by atoms with E-state index in [1.54, 1.807) is 22.9 Å². The number of rotatable bonds is 2. The van der Waals surface area contributed by atoms with Crippen LogP contribution in [0.25, 0.3) is 5.69 Å². The van der Waals surface area contributed by atoms with Crippen molar-refractivity contribution in [3.05, 3.63) is 59.0 Å². The normalized spacial score (nSPS) is 9.93. The van der Waals surface area contributed by atoms with E-state index in [0.717, 1.165) is 11.4 Å². The highest BCUT2D eigenvalue weighted by Gasteiger charge is 1.97. The molecule has 0 atom stereocenters. The minimum Gasteiger partial charge on any atom is -0.388 e. The van der Waals surface area contributed by atoms with Crippen LogP contribution in [0.1, 0.15) is 0 Å². The van der Waals surface area contributed by atoms with Crippen LogP contribution in [0.2, 0.25) is 0 Å².